The summed E-state index contributed by atoms with van der Waals surface area (Å²) in [4.78, 5) is 3.96. The lowest BCUT2D eigenvalue weighted by Crippen LogP contribution is -2.43. The van der Waals surface area contributed by atoms with Crippen LogP contribution >= 0.6 is 11.8 Å². The highest BCUT2D eigenvalue weighted by atomic mass is 32.2. The van der Waals surface area contributed by atoms with E-state index in [1.165, 1.54) is 24.3 Å². The number of guanidine groups is 1. The fraction of sp³-hybridized carbons (Fsp3) is 0.875. The van der Waals surface area contributed by atoms with E-state index in [0.29, 0.717) is 5.96 Å². The molecule has 0 saturated carbocycles. The van der Waals surface area contributed by atoms with Crippen LogP contribution in [0.5, 0.6) is 0 Å². The van der Waals surface area contributed by atoms with Crippen LogP contribution in [0.15, 0.2) is 4.99 Å². The van der Waals surface area contributed by atoms with Crippen LogP contribution in [-0.4, -0.2) is 31.1 Å². The SMILES string of the molecule is CN=C(NN)NCC1CCSCC1. The number of nitrogens with one attached hydrogen (secondary N) is 2. The summed E-state index contributed by atoms with van der Waals surface area (Å²) in [6.45, 7) is 0.984. The van der Waals surface area contributed by atoms with Gasteiger partial charge in [-0.2, -0.15) is 11.8 Å². The monoisotopic (exact) mass is 202 g/mol. The lowest BCUT2D eigenvalue weighted by Gasteiger charge is -2.22. The number of hydrogen-bond acceptors (Lipinski definition) is 3. The Kier molecular flexibility index (Phi) is 5.00. The van der Waals surface area contributed by atoms with Gasteiger partial charge in [-0.05, 0) is 30.3 Å². The first-order valence-electron chi connectivity index (χ1n) is 4.62. The summed E-state index contributed by atoms with van der Waals surface area (Å²) >= 11 is 2.05. The average Bonchev–Trinajstić information content (AvgIpc) is 2.21. The van der Waals surface area contributed by atoms with Crippen LogP contribution < -0.4 is 16.6 Å². The number of hydrogen-bond donors (Lipinski definition) is 3. The summed E-state index contributed by atoms with van der Waals surface area (Å²) in [7, 11) is 1.72. The van der Waals surface area contributed by atoms with Crippen molar-refractivity contribution < 1.29 is 0 Å². The summed E-state index contributed by atoms with van der Waals surface area (Å²) in [5, 5.41) is 3.19. The molecule has 13 heavy (non-hydrogen) atoms. The molecule has 0 atom stereocenters. The minimum absolute atomic E-state index is 0.679. The molecule has 1 aliphatic rings. The van der Waals surface area contributed by atoms with Gasteiger partial charge in [-0.25, -0.2) is 5.84 Å². The van der Waals surface area contributed by atoms with Gasteiger partial charge in [0.2, 0.25) is 5.96 Å². The molecule has 1 fully saturated rings. The van der Waals surface area contributed by atoms with Gasteiger partial charge in [0.1, 0.15) is 0 Å². The third-order valence-electron chi connectivity index (χ3n) is 2.26. The molecule has 1 heterocycles. The second-order valence-corrected chi connectivity index (χ2v) is 4.38. The number of hydrazine groups is 1. The minimum Gasteiger partial charge on any atom is -0.355 e. The van der Waals surface area contributed by atoms with Gasteiger partial charge in [0, 0.05) is 13.6 Å². The second-order valence-electron chi connectivity index (χ2n) is 3.15. The Balaban J connectivity index is 2.16. The molecule has 1 saturated heterocycles. The third-order valence-corrected chi connectivity index (χ3v) is 3.31. The molecular formula is C8H18N4S. The molecular weight excluding hydrogens is 184 g/mol. The van der Waals surface area contributed by atoms with E-state index in [1.807, 2.05) is 11.8 Å². The summed E-state index contributed by atoms with van der Waals surface area (Å²) in [6, 6.07) is 0. The molecule has 5 heteroatoms. The van der Waals surface area contributed by atoms with Gasteiger partial charge in [0.15, 0.2) is 0 Å². The van der Waals surface area contributed by atoms with Crippen molar-refractivity contribution in [1.82, 2.24) is 10.7 Å². The Hall–Kier alpha value is -0.420. The Morgan fingerprint density at radius 2 is 2.23 bits per heavy atom. The van der Waals surface area contributed by atoms with Crippen molar-refractivity contribution in [3.63, 3.8) is 0 Å². The number of nitrogens with zero attached hydrogens (tertiary/aromatic N) is 1. The molecule has 0 aromatic carbocycles. The zero-order valence-electron chi connectivity index (χ0n) is 8.05. The first-order chi connectivity index (χ1) is 6.36. The fourth-order valence-corrected chi connectivity index (χ4v) is 2.59. The van der Waals surface area contributed by atoms with Gasteiger partial charge < -0.3 is 5.32 Å². The van der Waals surface area contributed by atoms with Crippen molar-refractivity contribution in [3.05, 3.63) is 0 Å². The van der Waals surface area contributed by atoms with Crippen molar-refractivity contribution in [2.75, 3.05) is 25.1 Å². The number of nitrogens with two attached hydrogens (primary N) is 1. The quantitative estimate of drug-likeness (QED) is 0.258. The molecule has 0 radical (unpaired) electrons. The van der Waals surface area contributed by atoms with Gasteiger partial charge in [0.25, 0.3) is 0 Å². The molecule has 0 aromatic heterocycles. The predicted molar refractivity (Wildman–Crippen MR) is 58.7 cm³/mol. The fourth-order valence-electron chi connectivity index (χ4n) is 1.39. The number of aliphatic imine (C=N–C) groups is 1. The molecule has 0 amide bonds. The lowest BCUT2D eigenvalue weighted by molar-refractivity contribution is 0.479. The number of rotatable bonds is 2. The maximum atomic E-state index is 5.25. The van der Waals surface area contributed by atoms with Crippen LogP contribution in [0.3, 0.4) is 0 Å². The van der Waals surface area contributed by atoms with Crippen LogP contribution in [0, 0.1) is 5.92 Å². The molecule has 4 N–H and O–H groups in total. The van der Waals surface area contributed by atoms with Crippen LogP contribution in [0.2, 0.25) is 0 Å². The highest BCUT2D eigenvalue weighted by Crippen LogP contribution is 2.21. The summed E-state index contributed by atoms with van der Waals surface area (Å²) in [5.41, 5.74) is 2.52. The Morgan fingerprint density at radius 1 is 1.54 bits per heavy atom. The van der Waals surface area contributed by atoms with Crippen LogP contribution in [0.1, 0.15) is 12.8 Å². The molecule has 76 valence electrons. The molecule has 1 rings (SSSR count). The standard InChI is InChI=1S/C8H18N4S/c1-10-8(12-9)11-6-7-2-4-13-5-3-7/h7H,2-6,9H2,1H3,(H2,10,11,12). The largest absolute Gasteiger partial charge is 0.355 e. The predicted octanol–water partition coefficient (Wildman–Crippen LogP) is 0.168. The Labute approximate surface area is 83.7 Å². The summed E-state index contributed by atoms with van der Waals surface area (Å²) in [6.07, 6.45) is 2.61. The van der Waals surface area contributed by atoms with Crippen molar-refractivity contribution in [2.24, 2.45) is 16.8 Å². The molecule has 4 nitrogen and oxygen atoms in total. The van der Waals surface area contributed by atoms with Crippen LogP contribution in [-0.2, 0) is 0 Å². The second kappa shape index (κ2) is 6.10. The molecule has 0 spiro atoms. The lowest BCUT2D eigenvalue weighted by atomic mass is 10.0. The highest BCUT2D eigenvalue weighted by molar-refractivity contribution is 7.99. The highest BCUT2D eigenvalue weighted by Gasteiger charge is 2.13. The maximum Gasteiger partial charge on any atom is 0.205 e. The van der Waals surface area contributed by atoms with Gasteiger partial charge in [-0.3, -0.25) is 10.4 Å². The van der Waals surface area contributed by atoms with E-state index in [0.717, 1.165) is 12.5 Å². The summed E-state index contributed by atoms with van der Waals surface area (Å²) < 4.78 is 0. The van der Waals surface area contributed by atoms with Gasteiger partial charge in [-0.15, -0.1) is 0 Å². The smallest absolute Gasteiger partial charge is 0.205 e. The van der Waals surface area contributed by atoms with Gasteiger partial charge >= 0.3 is 0 Å². The first-order valence-corrected chi connectivity index (χ1v) is 5.77. The van der Waals surface area contributed by atoms with E-state index >= 15 is 0 Å². The van der Waals surface area contributed by atoms with Gasteiger partial charge in [-0.1, -0.05) is 0 Å². The molecule has 1 aliphatic heterocycles. The van der Waals surface area contributed by atoms with E-state index < -0.39 is 0 Å². The Bertz CT molecular complexity index is 166. The average molecular weight is 202 g/mol. The normalized spacial score (nSPS) is 20.0. The molecule has 0 unspecified atom stereocenters. The van der Waals surface area contributed by atoms with E-state index in [1.54, 1.807) is 7.05 Å². The van der Waals surface area contributed by atoms with Crippen LogP contribution in [0.25, 0.3) is 0 Å². The zero-order chi connectivity index (χ0) is 9.52. The third kappa shape index (κ3) is 3.87. The van der Waals surface area contributed by atoms with Crippen molar-refractivity contribution in [3.8, 4) is 0 Å². The molecule has 0 aromatic rings. The molecule has 0 aliphatic carbocycles. The van der Waals surface area contributed by atoms with E-state index in [4.69, 9.17) is 5.84 Å². The summed E-state index contributed by atoms with van der Waals surface area (Å²) in [5.74, 6) is 9.30. The minimum atomic E-state index is 0.679. The van der Waals surface area contributed by atoms with Crippen molar-refractivity contribution in [1.29, 1.82) is 0 Å². The zero-order valence-corrected chi connectivity index (χ0v) is 8.86. The van der Waals surface area contributed by atoms with Crippen LogP contribution in [0.4, 0.5) is 0 Å². The van der Waals surface area contributed by atoms with Crippen molar-refractivity contribution >= 4 is 17.7 Å². The topological polar surface area (TPSA) is 62.4 Å². The Morgan fingerprint density at radius 3 is 2.77 bits per heavy atom. The van der Waals surface area contributed by atoms with Gasteiger partial charge in [0.05, 0.1) is 0 Å². The van der Waals surface area contributed by atoms with E-state index in [-0.39, 0.29) is 0 Å². The van der Waals surface area contributed by atoms with Crippen molar-refractivity contribution in [2.45, 2.75) is 12.8 Å². The number of thioether (sulfide) groups is 1. The molecule has 0 bridgehead atoms. The first kappa shape index (κ1) is 10.7. The van der Waals surface area contributed by atoms with E-state index in [9.17, 15) is 0 Å². The van der Waals surface area contributed by atoms with E-state index in [2.05, 4.69) is 15.7 Å². The maximum absolute atomic E-state index is 5.25.